The molecule has 3 rings (SSSR count). The summed E-state index contributed by atoms with van der Waals surface area (Å²) in [4.78, 5) is 15.8. The van der Waals surface area contributed by atoms with Crippen LogP contribution in [0, 0.1) is 0 Å². The Hall–Kier alpha value is -1.76. The summed E-state index contributed by atoms with van der Waals surface area (Å²) in [7, 11) is 0. The number of benzene rings is 1. The molecular weight excluding hydrogens is 319 g/mol. The molecule has 0 aromatic heterocycles. The van der Waals surface area contributed by atoms with Crippen LogP contribution in [0.25, 0.3) is 0 Å². The number of nitrogens with two attached hydrogens (primary N) is 1. The van der Waals surface area contributed by atoms with E-state index >= 15 is 0 Å². The first-order valence-electron chi connectivity index (χ1n) is 8.36. The average molecular weight is 341 g/mol. The van der Waals surface area contributed by atoms with Crippen LogP contribution in [0.1, 0.15) is 41.6 Å². The second-order valence-electron chi connectivity index (χ2n) is 6.59. The van der Waals surface area contributed by atoms with Gasteiger partial charge in [0.05, 0.1) is 5.56 Å². The first kappa shape index (κ1) is 17.1. The van der Waals surface area contributed by atoms with Crippen molar-refractivity contribution in [1.29, 1.82) is 0 Å². The standard InChI is InChI=1S/C17H22F3N3O/c18-17(19,20)13-9-12(16(21)24)10-15(11-13)23-7-3-14(4-8-23)22-5-1-2-6-22/h9-11,14H,1-8H2,(H2,21,24). The molecule has 0 atom stereocenters. The van der Waals surface area contributed by atoms with Crippen LogP contribution in [-0.2, 0) is 6.18 Å². The molecule has 1 aromatic rings. The van der Waals surface area contributed by atoms with Crippen LogP contribution in [0.3, 0.4) is 0 Å². The van der Waals surface area contributed by atoms with Crippen molar-refractivity contribution in [3.8, 4) is 0 Å². The molecule has 0 saturated carbocycles. The van der Waals surface area contributed by atoms with E-state index in [1.165, 1.54) is 18.9 Å². The highest BCUT2D eigenvalue weighted by molar-refractivity contribution is 5.94. The number of carbonyl (C=O) groups excluding carboxylic acids is 1. The van der Waals surface area contributed by atoms with Gasteiger partial charge in [-0.2, -0.15) is 13.2 Å². The number of alkyl halides is 3. The van der Waals surface area contributed by atoms with Gasteiger partial charge < -0.3 is 15.5 Å². The summed E-state index contributed by atoms with van der Waals surface area (Å²) in [5.41, 5.74) is 4.71. The van der Waals surface area contributed by atoms with Crippen LogP contribution in [0.2, 0.25) is 0 Å². The van der Waals surface area contributed by atoms with Gasteiger partial charge in [-0.3, -0.25) is 4.79 Å². The largest absolute Gasteiger partial charge is 0.416 e. The van der Waals surface area contributed by atoms with E-state index in [0.29, 0.717) is 24.8 Å². The van der Waals surface area contributed by atoms with Gasteiger partial charge in [0.1, 0.15) is 0 Å². The normalized spacial score (nSPS) is 20.5. The van der Waals surface area contributed by atoms with Crippen LogP contribution in [-0.4, -0.2) is 43.0 Å². The summed E-state index contributed by atoms with van der Waals surface area (Å²) in [6.07, 6.45) is -0.163. The van der Waals surface area contributed by atoms with Gasteiger partial charge in [0.2, 0.25) is 5.91 Å². The molecule has 0 bridgehead atoms. The van der Waals surface area contributed by atoms with Crippen molar-refractivity contribution in [2.75, 3.05) is 31.1 Å². The molecule has 2 aliphatic heterocycles. The molecule has 0 aliphatic carbocycles. The van der Waals surface area contributed by atoms with Crippen LogP contribution < -0.4 is 10.6 Å². The number of halogens is 3. The van der Waals surface area contributed by atoms with E-state index in [0.717, 1.165) is 38.1 Å². The Balaban J connectivity index is 1.77. The lowest BCUT2D eigenvalue weighted by molar-refractivity contribution is -0.137. The van der Waals surface area contributed by atoms with E-state index in [-0.39, 0.29) is 5.56 Å². The number of hydrogen-bond donors (Lipinski definition) is 1. The molecule has 2 fully saturated rings. The van der Waals surface area contributed by atoms with Crippen LogP contribution in [0.15, 0.2) is 18.2 Å². The monoisotopic (exact) mass is 341 g/mol. The number of hydrogen-bond acceptors (Lipinski definition) is 3. The minimum Gasteiger partial charge on any atom is -0.371 e. The van der Waals surface area contributed by atoms with Gasteiger partial charge in [0, 0.05) is 30.4 Å². The highest BCUT2D eigenvalue weighted by atomic mass is 19.4. The average Bonchev–Trinajstić information content (AvgIpc) is 3.08. The number of anilines is 1. The summed E-state index contributed by atoms with van der Waals surface area (Å²) in [5.74, 6) is -0.839. The molecule has 0 radical (unpaired) electrons. The molecule has 0 spiro atoms. The van der Waals surface area contributed by atoms with Crippen molar-refractivity contribution in [3.05, 3.63) is 29.3 Å². The molecule has 7 heteroatoms. The van der Waals surface area contributed by atoms with Gasteiger partial charge in [0.15, 0.2) is 0 Å². The fraction of sp³-hybridized carbons (Fsp3) is 0.588. The summed E-state index contributed by atoms with van der Waals surface area (Å²) >= 11 is 0. The number of likely N-dealkylation sites (tertiary alicyclic amines) is 1. The molecule has 132 valence electrons. The molecule has 2 heterocycles. The number of primary amides is 1. The van der Waals surface area contributed by atoms with Gasteiger partial charge in [0.25, 0.3) is 0 Å². The Labute approximate surface area is 139 Å². The maximum atomic E-state index is 13.1. The fourth-order valence-electron chi connectivity index (χ4n) is 3.70. The second-order valence-corrected chi connectivity index (χ2v) is 6.59. The maximum Gasteiger partial charge on any atom is 0.416 e. The molecule has 0 unspecified atom stereocenters. The van der Waals surface area contributed by atoms with Crippen molar-refractivity contribution < 1.29 is 18.0 Å². The minimum absolute atomic E-state index is 0.0958. The quantitative estimate of drug-likeness (QED) is 0.920. The summed E-state index contributed by atoms with van der Waals surface area (Å²) in [6, 6.07) is 3.92. The predicted octanol–water partition coefficient (Wildman–Crippen LogP) is 2.87. The first-order valence-corrected chi connectivity index (χ1v) is 8.36. The Morgan fingerprint density at radius 2 is 1.67 bits per heavy atom. The van der Waals surface area contributed by atoms with E-state index in [1.807, 2.05) is 4.90 Å². The van der Waals surface area contributed by atoms with Crippen LogP contribution in [0.5, 0.6) is 0 Å². The minimum atomic E-state index is -4.49. The molecule has 1 amide bonds. The lowest BCUT2D eigenvalue weighted by Crippen LogP contribution is -2.44. The Bertz CT molecular complexity index is 604. The third kappa shape index (κ3) is 3.66. The first-order chi connectivity index (χ1) is 11.3. The third-order valence-electron chi connectivity index (χ3n) is 5.02. The molecule has 2 aliphatic rings. The van der Waals surface area contributed by atoms with Crippen LogP contribution >= 0.6 is 0 Å². The topological polar surface area (TPSA) is 49.6 Å². The third-order valence-corrected chi connectivity index (χ3v) is 5.02. The van der Waals surface area contributed by atoms with E-state index in [1.54, 1.807) is 0 Å². The maximum absolute atomic E-state index is 13.1. The summed E-state index contributed by atoms with van der Waals surface area (Å²) in [6.45, 7) is 3.64. The number of nitrogens with zero attached hydrogens (tertiary/aromatic N) is 2. The second kappa shape index (κ2) is 6.63. The molecule has 1 aromatic carbocycles. The van der Waals surface area contributed by atoms with E-state index in [4.69, 9.17) is 5.73 Å². The number of piperidine rings is 1. The molecule has 2 saturated heterocycles. The predicted molar refractivity (Wildman–Crippen MR) is 86.0 cm³/mol. The number of rotatable bonds is 3. The van der Waals surface area contributed by atoms with Gasteiger partial charge in [-0.25, -0.2) is 0 Å². The lowest BCUT2D eigenvalue weighted by atomic mass is 10.0. The highest BCUT2D eigenvalue weighted by Gasteiger charge is 2.33. The van der Waals surface area contributed by atoms with Crippen molar-refractivity contribution in [2.24, 2.45) is 5.73 Å². The van der Waals surface area contributed by atoms with Crippen LogP contribution in [0.4, 0.5) is 18.9 Å². The zero-order valence-electron chi connectivity index (χ0n) is 13.5. The number of carbonyl (C=O) groups is 1. The SMILES string of the molecule is NC(=O)c1cc(N2CCC(N3CCCC3)CC2)cc(C(F)(F)F)c1. The van der Waals surface area contributed by atoms with E-state index in [9.17, 15) is 18.0 Å². The van der Waals surface area contributed by atoms with Crippen molar-refractivity contribution in [1.82, 2.24) is 4.90 Å². The molecule has 4 nitrogen and oxygen atoms in total. The zero-order chi connectivity index (χ0) is 17.3. The Morgan fingerprint density at radius 3 is 2.21 bits per heavy atom. The molecule has 2 N–H and O–H groups in total. The fourth-order valence-corrected chi connectivity index (χ4v) is 3.70. The lowest BCUT2D eigenvalue weighted by Gasteiger charge is -2.38. The highest BCUT2D eigenvalue weighted by Crippen LogP contribution is 2.34. The van der Waals surface area contributed by atoms with E-state index < -0.39 is 17.6 Å². The summed E-state index contributed by atoms with van der Waals surface area (Å²) in [5, 5.41) is 0. The molecule has 24 heavy (non-hydrogen) atoms. The van der Waals surface area contributed by atoms with Gasteiger partial charge in [-0.05, 0) is 57.0 Å². The Kier molecular flexibility index (Phi) is 4.71. The number of amides is 1. The van der Waals surface area contributed by atoms with Gasteiger partial charge in [-0.15, -0.1) is 0 Å². The zero-order valence-corrected chi connectivity index (χ0v) is 13.5. The van der Waals surface area contributed by atoms with Crippen molar-refractivity contribution >= 4 is 11.6 Å². The van der Waals surface area contributed by atoms with Crippen molar-refractivity contribution in [3.63, 3.8) is 0 Å². The van der Waals surface area contributed by atoms with Crippen molar-refractivity contribution in [2.45, 2.75) is 37.9 Å². The van der Waals surface area contributed by atoms with E-state index in [2.05, 4.69) is 4.90 Å². The molecular formula is C17H22F3N3O. The Morgan fingerprint density at radius 1 is 1.04 bits per heavy atom. The smallest absolute Gasteiger partial charge is 0.371 e. The summed E-state index contributed by atoms with van der Waals surface area (Å²) < 4.78 is 39.2. The van der Waals surface area contributed by atoms with Gasteiger partial charge in [-0.1, -0.05) is 0 Å². The van der Waals surface area contributed by atoms with Gasteiger partial charge >= 0.3 is 6.18 Å².